The second kappa shape index (κ2) is 4.55. The molecule has 0 N–H and O–H groups in total. The molecule has 4 nitrogen and oxygen atoms in total. The number of pyridine rings is 1. The van der Waals surface area contributed by atoms with Crippen molar-refractivity contribution in [2.24, 2.45) is 0 Å². The average molecular weight is 317 g/mol. The third kappa shape index (κ3) is 2.07. The van der Waals surface area contributed by atoms with Crippen LogP contribution in [0.2, 0.25) is 0 Å². The van der Waals surface area contributed by atoms with Crippen LogP contribution in [0.5, 0.6) is 0 Å². The zero-order chi connectivity index (χ0) is 11.8. The molecule has 0 radical (unpaired) electrons. The summed E-state index contributed by atoms with van der Waals surface area (Å²) in [6, 6.07) is 1.91. The van der Waals surface area contributed by atoms with E-state index in [0.717, 1.165) is 41.0 Å². The minimum atomic E-state index is 0.290. The molecule has 1 unspecified atom stereocenters. The molecule has 6 heteroatoms. The molecule has 0 aliphatic carbocycles. The van der Waals surface area contributed by atoms with Crippen LogP contribution < -0.4 is 0 Å². The van der Waals surface area contributed by atoms with Crippen molar-refractivity contribution in [1.29, 1.82) is 0 Å². The summed E-state index contributed by atoms with van der Waals surface area (Å²) in [5.41, 5.74) is 1.93. The Labute approximate surface area is 112 Å². The van der Waals surface area contributed by atoms with E-state index in [-0.39, 0.29) is 6.10 Å². The van der Waals surface area contributed by atoms with Crippen LogP contribution in [0.3, 0.4) is 0 Å². The zero-order valence-electron chi connectivity index (χ0n) is 9.07. The highest BCUT2D eigenvalue weighted by atomic mass is 79.9. The summed E-state index contributed by atoms with van der Waals surface area (Å²) in [6.45, 7) is 1.67. The van der Waals surface area contributed by atoms with Gasteiger partial charge in [-0.05, 0) is 28.4 Å². The molecule has 17 heavy (non-hydrogen) atoms. The standard InChI is InChI=1S/C11H11BrClN3O/c12-10-3-8-9(5-14-10)16(11(4-13)15-8)6-7-1-2-17-7/h3,5,7H,1-2,4,6H2. The Hall–Kier alpha value is -0.650. The van der Waals surface area contributed by atoms with Gasteiger partial charge in [0.15, 0.2) is 0 Å². The number of nitrogens with zero attached hydrogens (tertiary/aromatic N) is 3. The Morgan fingerprint density at radius 3 is 3.06 bits per heavy atom. The van der Waals surface area contributed by atoms with Crippen LogP contribution in [0.25, 0.3) is 11.0 Å². The van der Waals surface area contributed by atoms with Gasteiger partial charge in [-0.1, -0.05) is 0 Å². The molecule has 0 bridgehead atoms. The highest BCUT2D eigenvalue weighted by Crippen LogP contribution is 2.22. The molecule has 3 heterocycles. The molecule has 2 aromatic rings. The van der Waals surface area contributed by atoms with Crippen LogP contribution in [0.1, 0.15) is 12.2 Å². The van der Waals surface area contributed by atoms with E-state index in [0.29, 0.717) is 5.88 Å². The molecule has 3 rings (SSSR count). The maximum atomic E-state index is 5.93. The van der Waals surface area contributed by atoms with Crippen LogP contribution in [0.4, 0.5) is 0 Å². The summed E-state index contributed by atoms with van der Waals surface area (Å²) in [5, 5.41) is 0. The first-order chi connectivity index (χ1) is 8.28. The Bertz CT molecular complexity index is 553. The van der Waals surface area contributed by atoms with Gasteiger partial charge in [-0.25, -0.2) is 9.97 Å². The van der Waals surface area contributed by atoms with Gasteiger partial charge in [0.2, 0.25) is 0 Å². The van der Waals surface area contributed by atoms with E-state index < -0.39 is 0 Å². The van der Waals surface area contributed by atoms with Crippen molar-refractivity contribution >= 4 is 38.6 Å². The molecule has 2 aromatic heterocycles. The van der Waals surface area contributed by atoms with Gasteiger partial charge in [-0.15, -0.1) is 11.6 Å². The number of hydrogen-bond donors (Lipinski definition) is 0. The van der Waals surface area contributed by atoms with Gasteiger partial charge in [0.1, 0.15) is 10.4 Å². The number of ether oxygens (including phenoxy) is 1. The third-order valence-electron chi connectivity index (χ3n) is 2.98. The van der Waals surface area contributed by atoms with Crippen LogP contribution >= 0.6 is 27.5 Å². The van der Waals surface area contributed by atoms with Crippen LogP contribution in [0.15, 0.2) is 16.9 Å². The molecule has 1 saturated heterocycles. The first-order valence-corrected chi connectivity index (χ1v) is 6.79. The maximum absolute atomic E-state index is 5.93. The van der Waals surface area contributed by atoms with Crippen molar-refractivity contribution in [3.63, 3.8) is 0 Å². The smallest absolute Gasteiger partial charge is 0.124 e. The first-order valence-electron chi connectivity index (χ1n) is 5.46. The van der Waals surface area contributed by atoms with Crippen molar-refractivity contribution in [3.05, 3.63) is 22.7 Å². The number of halogens is 2. The highest BCUT2D eigenvalue weighted by molar-refractivity contribution is 9.10. The molecule has 0 amide bonds. The topological polar surface area (TPSA) is 39.9 Å². The monoisotopic (exact) mass is 315 g/mol. The summed E-state index contributed by atoms with van der Waals surface area (Å²) >= 11 is 9.28. The molecule has 1 fully saturated rings. The second-order valence-electron chi connectivity index (χ2n) is 4.05. The maximum Gasteiger partial charge on any atom is 0.124 e. The lowest BCUT2D eigenvalue weighted by Crippen LogP contribution is -2.31. The van der Waals surface area contributed by atoms with Gasteiger partial charge in [-0.2, -0.15) is 0 Å². The number of fused-ring (bicyclic) bond motifs is 1. The summed E-state index contributed by atoms with van der Waals surface area (Å²) in [5.74, 6) is 1.27. The van der Waals surface area contributed by atoms with Crippen LogP contribution in [0, 0.1) is 0 Å². The zero-order valence-corrected chi connectivity index (χ0v) is 11.4. The Balaban J connectivity index is 2.05. The minimum absolute atomic E-state index is 0.290. The van der Waals surface area contributed by atoms with Crippen LogP contribution in [-0.4, -0.2) is 27.2 Å². The fourth-order valence-electron chi connectivity index (χ4n) is 1.99. The SMILES string of the molecule is ClCc1nc2cc(Br)ncc2n1CC1CCO1. The lowest BCUT2D eigenvalue weighted by atomic mass is 10.2. The average Bonchev–Trinajstić information content (AvgIpc) is 2.60. The van der Waals surface area contributed by atoms with Crippen molar-refractivity contribution in [2.45, 2.75) is 24.9 Å². The quantitative estimate of drug-likeness (QED) is 0.646. The summed E-state index contributed by atoms with van der Waals surface area (Å²) in [4.78, 5) is 8.75. The van der Waals surface area contributed by atoms with Crippen LogP contribution in [-0.2, 0) is 17.2 Å². The molecule has 1 atom stereocenters. The van der Waals surface area contributed by atoms with E-state index >= 15 is 0 Å². The van der Waals surface area contributed by atoms with Gasteiger partial charge in [0.25, 0.3) is 0 Å². The van der Waals surface area contributed by atoms with E-state index in [1.807, 2.05) is 12.3 Å². The fourth-order valence-corrected chi connectivity index (χ4v) is 2.51. The van der Waals surface area contributed by atoms with Gasteiger partial charge in [0.05, 0.1) is 35.8 Å². The van der Waals surface area contributed by atoms with Crippen molar-refractivity contribution in [3.8, 4) is 0 Å². The van der Waals surface area contributed by atoms with E-state index in [4.69, 9.17) is 16.3 Å². The number of alkyl halides is 1. The van der Waals surface area contributed by atoms with Gasteiger partial charge in [0, 0.05) is 6.61 Å². The molecule has 90 valence electrons. The van der Waals surface area contributed by atoms with Crippen molar-refractivity contribution in [2.75, 3.05) is 6.61 Å². The lowest BCUT2D eigenvalue weighted by Gasteiger charge is -2.27. The van der Waals surface area contributed by atoms with Crippen molar-refractivity contribution in [1.82, 2.24) is 14.5 Å². The predicted octanol–water partition coefficient (Wildman–Crippen LogP) is 2.72. The number of hydrogen-bond acceptors (Lipinski definition) is 3. The Morgan fingerprint density at radius 2 is 2.41 bits per heavy atom. The summed E-state index contributed by atoms with van der Waals surface area (Å²) < 4.78 is 8.35. The lowest BCUT2D eigenvalue weighted by molar-refractivity contribution is -0.0589. The molecule has 0 aromatic carbocycles. The normalized spacial score (nSPS) is 19.5. The third-order valence-corrected chi connectivity index (χ3v) is 3.65. The molecular weight excluding hydrogens is 305 g/mol. The van der Waals surface area contributed by atoms with Crippen molar-refractivity contribution < 1.29 is 4.74 Å². The van der Waals surface area contributed by atoms with E-state index in [1.54, 1.807) is 0 Å². The minimum Gasteiger partial charge on any atom is -0.376 e. The van der Waals surface area contributed by atoms with E-state index in [9.17, 15) is 0 Å². The molecular formula is C11H11BrClN3O. The number of rotatable bonds is 3. The Morgan fingerprint density at radius 1 is 1.59 bits per heavy atom. The van der Waals surface area contributed by atoms with E-state index in [2.05, 4.69) is 30.5 Å². The molecule has 0 spiro atoms. The fraction of sp³-hybridized carbons (Fsp3) is 0.455. The number of imidazole rings is 1. The van der Waals surface area contributed by atoms with E-state index in [1.165, 1.54) is 0 Å². The first kappa shape index (κ1) is 11.4. The number of aromatic nitrogens is 3. The molecule has 0 saturated carbocycles. The van der Waals surface area contributed by atoms with Gasteiger partial charge >= 0.3 is 0 Å². The van der Waals surface area contributed by atoms with Gasteiger partial charge in [-0.3, -0.25) is 0 Å². The largest absolute Gasteiger partial charge is 0.376 e. The summed E-state index contributed by atoms with van der Waals surface area (Å²) in [7, 11) is 0. The Kier molecular flexibility index (Phi) is 3.06. The second-order valence-corrected chi connectivity index (χ2v) is 5.13. The van der Waals surface area contributed by atoms with Gasteiger partial charge < -0.3 is 9.30 Å². The highest BCUT2D eigenvalue weighted by Gasteiger charge is 2.21. The molecule has 1 aliphatic heterocycles. The predicted molar refractivity (Wildman–Crippen MR) is 69.1 cm³/mol. The summed E-state index contributed by atoms with van der Waals surface area (Å²) in [6.07, 6.45) is 3.21. The molecule has 1 aliphatic rings.